The summed E-state index contributed by atoms with van der Waals surface area (Å²) in [7, 11) is 1.53. The van der Waals surface area contributed by atoms with E-state index in [4.69, 9.17) is 5.11 Å². The van der Waals surface area contributed by atoms with E-state index in [2.05, 4.69) is 10.6 Å². The Bertz CT molecular complexity index is 1120. The largest absolute Gasteiger partial charge is 0.481 e. The molecule has 2 aromatic carbocycles. The number of carbonyl (C=O) groups excluding carboxylic acids is 2. The molecule has 0 saturated heterocycles. The zero-order chi connectivity index (χ0) is 29.2. The monoisotopic (exact) mass is 538 g/mol. The number of aromatic carboxylic acids is 1. The first-order valence-corrected chi connectivity index (χ1v) is 13.5. The number of carboxylic acids is 2. The van der Waals surface area contributed by atoms with Crippen LogP contribution in [0.4, 0.5) is 0 Å². The summed E-state index contributed by atoms with van der Waals surface area (Å²) >= 11 is 0. The first kappa shape index (κ1) is 31.5. The molecule has 0 aromatic heterocycles. The zero-order valence-corrected chi connectivity index (χ0v) is 23.6. The molecule has 0 unspecified atom stereocenters. The van der Waals surface area contributed by atoms with Crippen molar-refractivity contribution >= 4 is 23.8 Å². The minimum absolute atomic E-state index is 0.208. The lowest BCUT2D eigenvalue weighted by Crippen LogP contribution is -2.54. The van der Waals surface area contributed by atoms with Gasteiger partial charge in [-0.1, -0.05) is 76.9 Å². The van der Waals surface area contributed by atoms with Crippen LogP contribution in [0.2, 0.25) is 0 Å². The highest BCUT2D eigenvalue weighted by molar-refractivity contribution is 5.89. The molecule has 0 saturated carbocycles. The average Bonchev–Trinajstić information content (AvgIpc) is 2.90. The quantitative estimate of drug-likeness (QED) is 0.263. The van der Waals surface area contributed by atoms with Crippen LogP contribution >= 0.6 is 0 Å². The van der Waals surface area contributed by atoms with E-state index < -0.39 is 35.2 Å². The van der Waals surface area contributed by atoms with Gasteiger partial charge in [-0.15, -0.1) is 0 Å². The van der Waals surface area contributed by atoms with Gasteiger partial charge in [-0.2, -0.15) is 0 Å². The van der Waals surface area contributed by atoms with Crippen LogP contribution in [-0.2, 0) is 20.8 Å². The van der Waals surface area contributed by atoms with Gasteiger partial charge in [-0.25, -0.2) is 4.79 Å². The van der Waals surface area contributed by atoms with Crippen LogP contribution in [0, 0.1) is 17.3 Å². The molecule has 0 aliphatic carbocycles. The lowest BCUT2D eigenvalue weighted by molar-refractivity contribution is -0.143. The van der Waals surface area contributed by atoms with Crippen LogP contribution in [0.1, 0.15) is 75.7 Å². The van der Waals surface area contributed by atoms with Gasteiger partial charge in [0.15, 0.2) is 0 Å². The summed E-state index contributed by atoms with van der Waals surface area (Å²) in [6, 6.07) is 13.7. The number of carbonyl (C=O) groups is 4. The lowest BCUT2D eigenvalue weighted by Gasteiger charge is -2.31. The van der Waals surface area contributed by atoms with Crippen molar-refractivity contribution in [3.63, 3.8) is 0 Å². The summed E-state index contributed by atoms with van der Waals surface area (Å²) in [5.41, 5.74) is 2.54. The molecule has 0 spiro atoms. The number of nitrogens with one attached hydrogen (secondary N) is 2. The predicted molar refractivity (Wildman–Crippen MR) is 151 cm³/mol. The van der Waals surface area contributed by atoms with E-state index in [-0.39, 0.29) is 23.8 Å². The van der Waals surface area contributed by atoms with Crippen molar-refractivity contribution in [2.24, 2.45) is 17.3 Å². The molecule has 8 nitrogen and oxygen atoms in total. The number of hydrogen-bond acceptors (Lipinski definition) is 4. The van der Waals surface area contributed by atoms with Gasteiger partial charge in [0, 0.05) is 13.0 Å². The Kier molecular flexibility index (Phi) is 11.7. The Hall–Kier alpha value is -3.68. The van der Waals surface area contributed by atoms with Crippen LogP contribution < -0.4 is 10.6 Å². The SMILES string of the molecule is CCCC[C@@H](C[C@@H](CCc1ccc(-c2ccc(C(=O)O)cc2)cc1)C(=O)N[C@H](C(=O)NC)C(C)(C)C)C(=O)O. The number of unbranched alkanes of at least 4 members (excludes halogenated alkanes) is 1. The van der Waals surface area contributed by atoms with Crippen LogP contribution in [0.15, 0.2) is 48.5 Å². The molecule has 2 rings (SSSR count). The summed E-state index contributed by atoms with van der Waals surface area (Å²) in [6.45, 7) is 7.63. The van der Waals surface area contributed by atoms with E-state index in [1.54, 1.807) is 24.3 Å². The van der Waals surface area contributed by atoms with Crippen LogP contribution in [0.5, 0.6) is 0 Å². The van der Waals surface area contributed by atoms with Crippen molar-refractivity contribution in [1.82, 2.24) is 10.6 Å². The fraction of sp³-hybridized carbons (Fsp3) is 0.484. The van der Waals surface area contributed by atoms with E-state index in [0.29, 0.717) is 19.3 Å². The number of hydrogen-bond donors (Lipinski definition) is 4. The third-order valence-electron chi connectivity index (χ3n) is 7.06. The van der Waals surface area contributed by atoms with Gasteiger partial charge in [0.05, 0.1) is 11.5 Å². The highest BCUT2D eigenvalue weighted by Crippen LogP contribution is 2.27. The third-order valence-corrected chi connectivity index (χ3v) is 7.06. The van der Waals surface area contributed by atoms with Crippen LogP contribution in [-0.4, -0.2) is 47.1 Å². The Balaban J connectivity index is 2.21. The number of aliphatic carboxylic acids is 1. The topological polar surface area (TPSA) is 133 Å². The Morgan fingerprint density at radius 3 is 1.85 bits per heavy atom. The van der Waals surface area contributed by atoms with E-state index in [1.807, 2.05) is 52.0 Å². The van der Waals surface area contributed by atoms with Gasteiger partial charge in [0.2, 0.25) is 11.8 Å². The molecule has 0 bridgehead atoms. The van der Waals surface area contributed by atoms with Gasteiger partial charge in [-0.05, 0) is 59.9 Å². The molecule has 2 aromatic rings. The van der Waals surface area contributed by atoms with Crippen LogP contribution in [0.3, 0.4) is 0 Å². The van der Waals surface area contributed by atoms with Crippen molar-refractivity contribution in [2.75, 3.05) is 7.05 Å². The number of rotatable bonds is 14. The summed E-state index contributed by atoms with van der Waals surface area (Å²) in [6.07, 6.45) is 3.36. The van der Waals surface area contributed by atoms with Gasteiger partial charge < -0.3 is 20.8 Å². The van der Waals surface area contributed by atoms with Gasteiger partial charge in [-0.3, -0.25) is 14.4 Å². The van der Waals surface area contributed by atoms with Gasteiger partial charge in [0.25, 0.3) is 0 Å². The Morgan fingerprint density at radius 2 is 1.38 bits per heavy atom. The Labute approximate surface area is 231 Å². The molecular weight excluding hydrogens is 496 g/mol. The molecule has 3 atom stereocenters. The standard InChI is InChI=1S/C31H42N2O6/c1-6-7-8-25(30(38)39)19-24(27(34)33-26(28(35)32-5)31(2,3)4)14-11-20-9-12-21(13-10-20)22-15-17-23(18-16-22)29(36)37/h9-10,12-13,15-18,24-26H,6-8,11,14,19H2,1-5H3,(H,32,35)(H,33,34)(H,36,37)(H,38,39)/t24-,25+,26-/m1/s1. The maximum Gasteiger partial charge on any atom is 0.335 e. The van der Waals surface area contributed by atoms with E-state index >= 15 is 0 Å². The minimum Gasteiger partial charge on any atom is -0.481 e. The highest BCUT2D eigenvalue weighted by Gasteiger charge is 2.35. The van der Waals surface area contributed by atoms with Gasteiger partial charge >= 0.3 is 11.9 Å². The van der Waals surface area contributed by atoms with Crippen LogP contribution in [0.25, 0.3) is 11.1 Å². The number of carboxylic acid groups (broad SMARTS) is 2. The number of benzene rings is 2. The molecule has 212 valence electrons. The minimum atomic E-state index is -0.973. The molecule has 4 N–H and O–H groups in total. The molecular formula is C31H42N2O6. The fourth-order valence-electron chi connectivity index (χ4n) is 4.58. The second kappa shape index (κ2) is 14.5. The number of amides is 2. The first-order valence-electron chi connectivity index (χ1n) is 13.5. The van der Waals surface area contributed by atoms with E-state index in [1.165, 1.54) is 7.05 Å². The molecule has 8 heteroatoms. The molecule has 2 amide bonds. The second-order valence-corrected chi connectivity index (χ2v) is 11.1. The molecule has 0 fully saturated rings. The van der Waals surface area contributed by atoms with Crippen molar-refractivity contribution < 1.29 is 29.4 Å². The normalized spacial score (nSPS) is 13.7. The lowest BCUT2D eigenvalue weighted by atomic mass is 9.83. The summed E-state index contributed by atoms with van der Waals surface area (Å²) in [4.78, 5) is 49.1. The maximum absolute atomic E-state index is 13.5. The number of aryl methyl sites for hydroxylation is 1. The first-order chi connectivity index (χ1) is 18.4. The van der Waals surface area contributed by atoms with Crippen molar-refractivity contribution in [3.05, 3.63) is 59.7 Å². The number of likely N-dealkylation sites (N-methyl/N-ethyl adjacent to an activating group) is 1. The van der Waals surface area contributed by atoms with Crippen molar-refractivity contribution in [2.45, 2.75) is 72.3 Å². The van der Waals surface area contributed by atoms with Gasteiger partial charge in [0.1, 0.15) is 6.04 Å². The smallest absolute Gasteiger partial charge is 0.335 e. The third kappa shape index (κ3) is 9.53. The zero-order valence-electron chi connectivity index (χ0n) is 23.6. The molecule has 0 aliphatic heterocycles. The molecule has 0 radical (unpaired) electrons. The van der Waals surface area contributed by atoms with E-state index in [9.17, 15) is 24.3 Å². The highest BCUT2D eigenvalue weighted by atomic mass is 16.4. The predicted octanol–water partition coefficient (Wildman–Crippen LogP) is 5.16. The maximum atomic E-state index is 13.5. The Morgan fingerprint density at radius 1 is 0.821 bits per heavy atom. The summed E-state index contributed by atoms with van der Waals surface area (Å²) in [5, 5.41) is 24.4. The average molecular weight is 539 g/mol. The van der Waals surface area contributed by atoms with Crippen molar-refractivity contribution in [3.8, 4) is 11.1 Å². The van der Waals surface area contributed by atoms with Crippen molar-refractivity contribution in [1.29, 1.82) is 0 Å². The fourth-order valence-corrected chi connectivity index (χ4v) is 4.58. The second-order valence-electron chi connectivity index (χ2n) is 11.1. The molecule has 0 aliphatic rings. The molecule has 39 heavy (non-hydrogen) atoms. The summed E-state index contributed by atoms with van der Waals surface area (Å²) in [5.74, 6) is -3.68. The van der Waals surface area contributed by atoms with E-state index in [0.717, 1.165) is 29.5 Å². The summed E-state index contributed by atoms with van der Waals surface area (Å²) < 4.78 is 0. The molecule has 0 heterocycles.